The van der Waals surface area contributed by atoms with Crippen LogP contribution in [0.25, 0.3) is 0 Å². The molecule has 0 aromatic heterocycles. The molecule has 0 saturated carbocycles. The molecule has 0 radical (unpaired) electrons. The van der Waals surface area contributed by atoms with Crippen molar-refractivity contribution in [2.75, 3.05) is 14.2 Å². The lowest BCUT2D eigenvalue weighted by molar-refractivity contribution is -0.384. The maximum Gasteiger partial charge on any atom is 0.269 e. The fourth-order valence-electron chi connectivity index (χ4n) is 2.26. The Kier molecular flexibility index (Phi) is 4.95. The maximum atomic E-state index is 12.6. The summed E-state index contributed by atoms with van der Waals surface area (Å²) in [5.74, 6) is 0.426. The molecule has 0 aliphatic heterocycles. The average molecular weight is 314 g/mol. The number of amides is 1. The van der Waals surface area contributed by atoms with Gasteiger partial charge in [-0.3, -0.25) is 14.9 Å². The fraction of sp³-hybridized carbons (Fsp3) is 0.235. The van der Waals surface area contributed by atoms with Crippen LogP contribution in [0.15, 0.2) is 48.5 Å². The topological polar surface area (TPSA) is 72.7 Å². The molecule has 0 spiro atoms. The van der Waals surface area contributed by atoms with Gasteiger partial charge >= 0.3 is 0 Å². The zero-order valence-corrected chi connectivity index (χ0v) is 13.2. The van der Waals surface area contributed by atoms with Crippen molar-refractivity contribution in [3.05, 3.63) is 69.8 Å². The maximum absolute atomic E-state index is 12.6. The lowest BCUT2D eigenvalue weighted by Crippen LogP contribution is -2.29. The summed E-state index contributed by atoms with van der Waals surface area (Å²) >= 11 is 0. The number of hydrogen-bond acceptors (Lipinski definition) is 4. The largest absolute Gasteiger partial charge is 0.497 e. The Balaban J connectivity index is 2.24. The van der Waals surface area contributed by atoms with E-state index in [9.17, 15) is 14.9 Å². The Bertz CT molecular complexity index is 730. The Labute approximate surface area is 134 Å². The summed E-state index contributed by atoms with van der Waals surface area (Å²) in [6, 6.07) is 12.9. The van der Waals surface area contributed by atoms with Crippen molar-refractivity contribution < 1.29 is 14.5 Å². The zero-order valence-electron chi connectivity index (χ0n) is 13.2. The van der Waals surface area contributed by atoms with Crippen molar-refractivity contribution in [3.8, 4) is 5.75 Å². The highest BCUT2D eigenvalue weighted by atomic mass is 16.6. The quantitative estimate of drug-likeness (QED) is 0.626. The molecule has 0 unspecified atom stereocenters. The van der Waals surface area contributed by atoms with Crippen LogP contribution in [0.2, 0.25) is 0 Å². The highest BCUT2D eigenvalue weighted by Gasteiger charge is 2.20. The summed E-state index contributed by atoms with van der Waals surface area (Å²) in [6.45, 7) is 1.83. The number of rotatable bonds is 5. The van der Waals surface area contributed by atoms with E-state index in [1.807, 2.05) is 6.92 Å². The van der Waals surface area contributed by atoms with Gasteiger partial charge in [0.05, 0.1) is 18.1 Å². The van der Waals surface area contributed by atoms with E-state index in [1.165, 1.54) is 12.1 Å². The van der Waals surface area contributed by atoms with Gasteiger partial charge in [-0.05, 0) is 30.7 Å². The number of non-ortho nitro benzene ring substituents is 1. The van der Waals surface area contributed by atoms with Crippen LogP contribution in [0.1, 0.15) is 28.9 Å². The molecule has 2 rings (SSSR count). The molecule has 6 nitrogen and oxygen atoms in total. The predicted octanol–water partition coefficient (Wildman–Crippen LogP) is 3.44. The van der Waals surface area contributed by atoms with Crippen molar-refractivity contribution >= 4 is 11.6 Å². The van der Waals surface area contributed by atoms with Crippen molar-refractivity contribution in [2.24, 2.45) is 0 Å². The van der Waals surface area contributed by atoms with Gasteiger partial charge in [-0.25, -0.2) is 0 Å². The first-order valence-electron chi connectivity index (χ1n) is 7.09. The molecule has 0 aliphatic rings. The van der Waals surface area contributed by atoms with Gasteiger partial charge < -0.3 is 9.64 Å². The van der Waals surface area contributed by atoms with Gasteiger partial charge in [0, 0.05) is 24.7 Å². The van der Waals surface area contributed by atoms with Gasteiger partial charge in [-0.1, -0.05) is 18.2 Å². The molecular weight excluding hydrogens is 296 g/mol. The Morgan fingerprint density at radius 2 is 1.91 bits per heavy atom. The standard InChI is InChI=1S/C17H18N2O4/c1-12(13-6-4-8-15(10-13)19(21)22)18(2)17(20)14-7-5-9-16(11-14)23-3/h4-12H,1-3H3/t12-/m0/s1. The zero-order chi connectivity index (χ0) is 17.0. The number of benzene rings is 2. The SMILES string of the molecule is COc1cccc(C(=O)N(C)[C@@H](C)c2cccc([N+](=O)[O-])c2)c1. The molecule has 2 aromatic carbocycles. The average Bonchev–Trinajstić information content (AvgIpc) is 2.59. The number of hydrogen-bond donors (Lipinski definition) is 0. The van der Waals surface area contributed by atoms with E-state index in [-0.39, 0.29) is 17.6 Å². The molecule has 1 atom stereocenters. The van der Waals surface area contributed by atoms with E-state index in [4.69, 9.17) is 4.74 Å². The van der Waals surface area contributed by atoms with Crippen LogP contribution in [0.5, 0.6) is 5.75 Å². The third-order valence-corrected chi connectivity index (χ3v) is 3.78. The molecular formula is C17H18N2O4. The van der Waals surface area contributed by atoms with Crippen LogP contribution in [-0.4, -0.2) is 29.9 Å². The lowest BCUT2D eigenvalue weighted by Gasteiger charge is -2.25. The summed E-state index contributed by atoms with van der Waals surface area (Å²) in [6.07, 6.45) is 0. The van der Waals surface area contributed by atoms with E-state index >= 15 is 0 Å². The number of nitro benzene ring substituents is 1. The summed E-state index contributed by atoms with van der Waals surface area (Å²) < 4.78 is 5.13. The van der Waals surface area contributed by atoms with E-state index in [0.29, 0.717) is 16.9 Å². The minimum absolute atomic E-state index is 0.0107. The van der Waals surface area contributed by atoms with Crippen LogP contribution in [-0.2, 0) is 0 Å². The monoisotopic (exact) mass is 314 g/mol. The third-order valence-electron chi connectivity index (χ3n) is 3.78. The van der Waals surface area contributed by atoms with Crippen molar-refractivity contribution in [2.45, 2.75) is 13.0 Å². The number of nitrogens with zero attached hydrogens (tertiary/aromatic N) is 2. The molecule has 0 N–H and O–H groups in total. The predicted molar refractivity (Wildman–Crippen MR) is 86.6 cm³/mol. The minimum atomic E-state index is -0.444. The summed E-state index contributed by atoms with van der Waals surface area (Å²) in [5, 5.41) is 10.9. The summed E-state index contributed by atoms with van der Waals surface area (Å²) in [4.78, 5) is 24.6. The number of carbonyl (C=O) groups excluding carboxylic acids is 1. The highest BCUT2D eigenvalue weighted by Crippen LogP contribution is 2.25. The first-order chi connectivity index (χ1) is 10.9. The molecule has 6 heteroatoms. The normalized spacial score (nSPS) is 11.6. The summed E-state index contributed by atoms with van der Waals surface area (Å²) in [7, 11) is 3.21. The van der Waals surface area contributed by atoms with Crippen LogP contribution in [0.4, 0.5) is 5.69 Å². The second-order valence-electron chi connectivity index (χ2n) is 5.18. The van der Waals surface area contributed by atoms with Crippen LogP contribution in [0.3, 0.4) is 0 Å². The molecule has 0 fully saturated rings. The summed E-state index contributed by atoms with van der Waals surface area (Å²) in [5.41, 5.74) is 1.22. The van der Waals surface area contributed by atoms with Crippen LogP contribution >= 0.6 is 0 Å². The highest BCUT2D eigenvalue weighted by molar-refractivity contribution is 5.94. The molecule has 120 valence electrons. The first-order valence-corrected chi connectivity index (χ1v) is 7.09. The fourth-order valence-corrected chi connectivity index (χ4v) is 2.26. The van der Waals surface area contributed by atoms with E-state index in [0.717, 1.165) is 0 Å². The Hall–Kier alpha value is -2.89. The van der Waals surface area contributed by atoms with Gasteiger partial charge in [0.25, 0.3) is 11.6 Å². The van der Waals surface area contributed by atoms with Gasteiger partial charge in [0.2, 0.25) is 0 Å². The molecule has 2 aromatic rings. The number of ether oxygens (including phenoxy) is 1. The van der Waals surface area contributed by atoms with Crippen LogP contribution in [0, 0.1) is 10.1 Å². The molecule has 23 heavy (non-hydrogen) atoms. The van der Waals surface area contributed by atoms with Gasteiger partial charge in [0.1, 0.15) is 5.75 Å². The Morgan fingerprint density at radius 3 is 2.57 bits per heavy atom. The van der Waals surface area contributed by atoms with Gasteiger partial charge in [0.15, 0.2) is 0 Å². The van der Waals surface area contributed by atoms with E-state index in [1.54, 1.807) is 55.5 Å². The minimum Gasteiger partial charge on any atom is -0.497 e. The third kappa shape index (κ3) is 3.66. The van der Waals surface area contributed by atoms with E-state index < -0.39 is 4.92 Å². The molecule has 0 aliphatic carbocycles. The van der Waals surface area contributed by atoms with E-state index in [2.05, 4.69) is 0 Å². The smallest absolute Gasteiger partial charge is 0.269 e. The van der Waals surface area contributed by atoms with Crippen LogP contribution < -0.4 is 4.74 Å². The van der Waals surface area contributed by atoms with Crippen molar-refractivity contribution in [3.63, 3.8) is 0 Å². The van der Waals surface area contributed by atoms with Gasteiger partial charge in [-0.15, -0.1) is 0 Å². The molecule has 0 bridgehead atoms. The molecule has 0 heterocycles. The Morgan fingerprint density at radius 1 is 1.22 bits per heavy atom. The first kappa shape index (κ1) is 16.5. The van der Waals surface area contributed by atoms with Crippen molar-refractivity contribution in [1.82, 2.24) is 4.90 Å². The number of methoxy groups -OCH3 is 1. The molecule has 1 amide bonds. The second-order valence-corrected chi connectivity index (χ2v) is 5.18. The number of carbonyl (C=O) groups is 1. The second kappa shape index (κ2) is 6.91. The number of nitro groups is 1. The van der Waals surface area contributed by atoms with Gasteiger partial charge in [-0.2, -0.15) is 0 Å². The van der Waals surface area contributed by atoms with Crippen molar-refractivity contribution in [1.29, 1.82) is 0 Å². The molecule has 0 saturated heterocycles. The lowest BCUT2D eigenvalue weighted by atomic mass is 10.1.